The minimum Gasteiger partial charge on any atom is -0.350 e. The highest BCUT2D eigenvalue weighted by atomic mass is 32.2. The zero-order valence-electron chi connectivity index (χ0n) is 23.6. The summed E-state index contributed by atoms with van der Waals surface area (Å²) in [7, 11) is -4.07. The van der Waals surface area contributed by atoms with Crippen LogP contribution in [0.3, 0.4) is 0 Å². The Morgan fingerprint density at radius 3 is 1.97 bits per heavy atom. The maximum absolute atomic E-state index is 14.0. The van der Waals surface area contributed by atoms with Gasteiger partial charge in [0, 0.05) is 12.1 Å². The Bertz CT molecular complexity index is 1360. The van der Waals surface area contributed by atoms with Crippen molar-refractivity contribution < 1.29 is 18.0 Å². The van der Waals surface area contributed by atoms with Crippen LogP contribution in [0, 0.1) is 6.92 Å². The summed E-state index contributed by atoms with van der Waals surface area (Å²) in [6.07, 6.45) is 0.801. The van der Waals surface area contributed by atoms with Crippen molar-refractivity contribution >= 4 is 27.5 Å². The molecule has 0 fully saturated rings. The number of aryl methyl sites for hydroxylation is 2. The number of rotatable bonds is 10. The first-order chi connectivity index (χ1) is 18.3. The molecule has 0 saturated carbocycles. The third-order valence-electron chi connectivity index (χ3n) is 6.38. The molecule has 8 heteroatoms. The molecule has 0 aliphatic carbocycles. The Labute approximate surface area is 232 Å². The van der Waals surface area contributed by atoms with E-state index < -0.39 is 34.1 Å². The van der Waals surface area contributed by atoms with Crippen molar-refractivity contribution in [2.24, 2.45) is 0 Å². The lowest BCUT2D eigenvalue weighted by Gasteiger charge is -2.33. The van der Waals surface area contributed by atoms with Gasteiger partial charge in [-0.3, -0.25) is 13.9 Å². The highest BCUT2D eigenvalue weighted by Crippen LogP contribution is 2.25. The fraction of sp³-hybridized carbons (Fsp3) is 0.355. The van der Waals surface area contributed by atoms with Gasteiger partial charge in [-0.05, 0) is 76.4 Å². The first-order valence-electron chi connectivity index (χ1n) is 13.2. The van der Waals surface area contributed by atoms with Crippen LogP contribution in [0.15, 0.2) is 83.8 Å². The van der Waals surface area contributed by atoms with Gasteiger partial charge in [-0.1, -0.05) is 67.1 Å². The molecule has 208 valence electrons. The molecule has 0 aliphatic heterocycles. The molecule has 0 heterocycles. The lowest BCUT2D eigenvalue weighted by atomic mass is 10.1. The smallest absolute Gasteiger partial charge is 0.264 e. The molecule has 3 aromatic rings. The maximum Gasteiger partial charge on any atom is 0.264 e. The quantitative estimate of drug-likeness (QED) is 0.382. The van der Waals surface area contributed by atoms with E-state index in [1.807, 2.05) is 71.0 Å². The molecule has 0 aliphatic rings. The van der Waals surface area contributed by atoms with Gasteiger partial charge in [-0.2, -0.15) is 0 Å². The number of carbonyl (C=O) groups is 2. The molecule has 7 nitrogen and oxygen atoms in total. The number of benzene rings is 3. The van der Waals surface area contributed by atoms with Crippen molar-refractivity contribution in [3.8, 4) is 0 Å². The molecule has 1 unspecified atom stereocenters. The first-order valence-corrected chi connectivity index (χ1v) is 14.6. The van der Waals surface area contributed by atoms with Gasteiger partial charge < -0.3 is 10.2 Å². The van der Waals surface area contributed by atoms with Gasteiger partial charge in [0.1, 0.15) is 12.6 Å². The molecule has 3 rings (SSSR count). The average molecular weight is 550 g/mol. The fourth-order valence-electron chi connectivity index (χ4n) is 4.09. The van der Waals surface area contributed by atoms with E-state index in [1.165, 1.54) is 17.0 Å². The number of sulfonamides is 1. The molecule has 2 amide bonds. The predicted octanol–water partition coefficient (Wildman–Crippen LogP) is 5.08. The van der Waals surface area contributed by atoms with Crippen molar-refractivity contribution in [3.05, 3.63) is 95.6 Å². The SMILES string of the molecule is CCc1ccc(N(CC(=O)N(Cc2ccc(C)cc2)C(C)C(=O)NC(C)(C)C)S(=O)(=O)c2ccccc2)cc1. The van der Waals surface area contributed by atoms with Gasteiger partial charge in [0.2, 0.25) is 11.8 Å². The summed E-state index contributed by atoms with van der Waals surface area (Å²) >= 11 is 0. The Balaban J connectivity index is 2.02. The Kier molecular flexibility index (Phi) is 9.56. The topological polar surface area (TPSA) is 86.8 Å². The molecular weight excluding hydrogens is 510 g/mol. The summed E-state index contributed by atoms with van der Waals surface area (Å²) in [5.41, 5.74) is 2.86. The number of nitrogens with zero attached hydrogens (tertiary/aromatic N) is 2. The molecule has 0 bridgehead atoms. The monoisotopic (exact) mass is 549 g/mol. The molecular formula is C31H39N3O4S. The zero-order chi connectivity index (χ0) is 28.8. The number of hydrogen-bond acceptors (Lipinski definition) is 4. The first kappa shape index (κ1) is 29.9. The molecule has 39 heavy (non-hydrogen) atoms. The second-order valence-electron chi connectivity index (χ2n) is 10.8. The van der Waals surface area contributed by atoms with Gasteiger partial charge in [0.05, 0.1) is 10.6 Å². The van der Waals surface area contributed by atoms with Crippen LogP contribution in [0.5, 0.6) is 0 Å². The van der Waals surface area contributed by atoms with Crippen LogP contribution in [-0.4, -0.2) is 43.3 Å². The number of nitrogens with one attached hydrogen (secondary N) is 1. The standard InChI is InChI=1S/C31H39N3O4S/c1-7-25-17-19-27(20-18-25)34(39(37,38)28-11-9-8-10-12-28)22-29(35)33(21-26-15-13-23(2)14-16-26)24(3)30(36)32-31(4,5)6/h8-20,24H,7,21-22H2,1-6H3,(H,32,36). The van der Waals surface area contributed by atoms with Crippen LogP contribution in [0.1, 0.15) is 51.3 Å². The van der Waals surface area contributed by atoms with Gasteiger partial charge in [-0.25, -0.2) is 8.42 Å². The van der Waals surface area contributed by atoms with E-state index in [0.29, 0.717) is 5.69 Å². The lowest BCUT2D eigenvalue weighted by molar-refractivity contribution is -0.140. The van der Waals surface area contributed by atoms with Crippen molar-refractivity contribution in [1.29, 1.82) is 0 Å². The second kappa shape index (κ2) is 12.5. The van der Waals surface area contributed by atoms with Crippen LogP contribution in [0.25, 0.3) is 0 Å². The minimum absolute atomic E-state index is 0.0842. The third kappa shape index (κ3) is 7.93. The zero-order valence-corrected chi connectivity index (χ0v) is 24.5. The summed E-state index contributed by atoms with van der Waals surface area (Å²) in [6, 6.07) is 22.1. The van der Waals surface area contributed by atoms with E-state index in [9.17, 15) is 18.0 Å². The number of anilines is 1. The van der Waals surface area contributed by atoms with E-state index in [4.69, 9.17) is 0 Å². The molecule has 0 spiro atoms. The summed E-state index contributed by atoms with van der Waals surface area (Å²) in [5, 5.41) is 2.94. The van der Waals surface area contributed by atoms with E-state index in [2.05, 4.69) is 5.32 Å². The molecule has 0 aromatic heterocycles. The molecule has 0 radical (unpaired) electrons. The minimum atomic E-state index is -4.07. The van der Waals surface area contributed by atoms with E-state index in [-0.39, 0.29) is 17.3 Å². The molecule has 1 atom stereocenters. The summed E-state index contributed by atoms with van der Waals surface area (Å²) in [5.74, 6) is -0.793. The van der Waals surface area contributed by atoms with Gasteiger partial charge >= 0.3 is 0 Å². The molecule has 0 saturated heterocycles. The largest absolute Gasteiger partial charge is 0.350 e. The maximum atomic E-state index is 14.0. The van der Waals surface area contributed by atoms with Crippen molar-refractivity contribution in [2.45, 2.75) is 71.0 Å². The normalized spacial score (nSPS) is 12.5. The molecule has 1 N–H and O–H groups in total. The number of carbonyl (C=O) groups excluding carboxylic acids is 2. The van der Waals surface area contributed by atoms with E-state index >= 15 is 0 Å². The van der Waals surface area contributed by atoms with Crippen LogP contribution in [0.4, 0.5) is 5.69 Å². The van der Waals surface area contributed by atoms with Crippen LogP contribution < -0.4 is 9.62 Å². The highest BCUT2D eigenvalue weighted by molar-refractivity contribution is 7.92. The summed E-state index contributed by atoms with van der Waals surface area (Å²) in [6.45, 7) is 11.0. The Hall–Kier alpha value is -3.65. The van der Waals surface area contributed by atoms with Gasteiger partial charge in [-0.15, -0.1) is 0 Å². The van der Waals surface area contributed by atoms with Crippen molar-refractivity contribution in [2.75, 3.05) is 10.8 Å². The predicted molar refractivity (Wildman–Crippen MR) is 156 cm³/mol. The van der Waals surface area contributed by atoms with Crippen molar-refractivity contribution in [3.63, 3.8) is 0 Å². The average Bonchev–Trinajstić information content (AvgIpc) is 2.90. The van der Waals surface area contributed by atoms with E-state index in [1.54, 1.807) is 37.3 Å². The van der Waals surface area contributed by atoms with Crippen LogP contribution in [-0.2, 0) is 32.6 Å². The van der Waals surface area contributed by atoms with E-state index in [0.717, 1.165) is 27.4 Å². The number of amides is 2. The Morgan fingerprint density at radius 2 is 1.44 bits per heavy atom. The van der Waals surface area contributed by atoms with Crippen LogP contribution in [0.2, 0.25) is 0 Å². The highest BCUT2D eigenvalue weighted by Gasteiger charge is 2.33. The van der Waals surface area contributed by atoms with Gasteiger partial charge in [0.25, 0.3) is 10.0 Å². The van der Waals surface area contributed by atoms with Crippen LogP contribution >= 0.6 is 0 Å². The summed E-state index contributed by atoms with van der Waals surface area (Å²) < 4.78 is 28.7. The Morgan fingerprint density at radius 1 is 0.872 bits per heavy atom. The van der Waals surface area contributed by atoms with Crippen molar-refractivity contribution in [1.82, 2.24) is 10.2 Å². The summed E-state index contributed by atoms with van der Waals surface area (Å²) in [4.78, 5) is 28.6. The molecule has 3 aromatic carbocycles. The lowest BCUT2D eigenvalue weighted by Crippen LogP contribution is -2.54. The second-order valence-corrected chi connectivity index (χ2v) is 12.6. The third-order valence-corrected chi connectivity index (χ3v) is 8.17. The number of hydrogen-bond donors (Lipinski definition) is 1. The van der Waals surface area contributed by atoms with Gasteiger partial charge in [0.15, 0.2) is 0 Å². The fourth-order valence-corrected chi connectivity index (χ4v) is 5.53.